The fourth-order valence-electron chi connectivity index (χ4n) is 3.15. The number of nitrogens with one attached hydrogen (secondary N) is 1. The number of amides is 1. The summed E-state index contributed by atoms with van der Waals surface area (Å²) in [5.41, 5.74) is 5.48. The van der Waals surface area contributed by atoms with Gasteiger partial charge in [0.05, 0.1) is 39.5 Å². The van der Waals surface area contributed by atoms with Gasteiger partial charge in [-0.05, 0) is 56.1 Å². The molecule has 1 unspecified atom stereocenters. The number of halogens is 1. The number of carbonyl (C=O) groups excluding carboxylic acids is 1. The van der Waals surface area contributed by atoms with E-state index < -0.39 is 6.04 Å². The summed E-state index contributed by atoms with van der Waals surface area (Å²) in [6.45, 7) is 10.3. The average molecular weight is 430 g/mol. The first-order valence-corrected chi connectivity index (χ1v) is 9.69. The zero-order valence-corrected chi connectivity index (χ0v) is 17.8. The molecule has 0 spiro atoms. The van der Waals surface area contributed by atoms with Gasteiger partial charge in [0.15, 0.2) is 0 Å². The van der Waals surface area contributed by atoms with Gasteiger partial charge >= 0.3 is 0 Å². The second kappa shape index (κ2) is 7.68. The third kappa shape index (κ3) is 3.83. The molecule has 1 N–H and O–H groups in total. The molecule has 0 fully saturated rings. The van der Waals surface area contributed by atoms with Crippen molar-refractivity contribution in [2.75, 3.05) is 5.32 Å². The minimum absolute atomic E-state index is 0.112. The second-order valence-electron chi connectivity index (χ2n) is 6.78. The molecule has 2 heterocycles. The monoisotopic (exact) mass is 429 g/mol. The van der Waals surface area contributed by atoms with Gasteiger partial charge in [-0.15, -0.1) is 0 Å². The lowest BCUT2D eigenvalue weighted by Crippen LogP contribution is -2.25. The molecule has 7 heteroatoms. The number of benzene rings is 1. The van der Waals surface area contributed by atoms with Crippen molar-refractivity contribution in [1.82, 2.24) is 19.6 Å². The maximum atomic E-state index is 12.8. The number of hydrogen-bond donors (Lipinski definition) is 1. The molecule has 0 saturated heterocycles. The van der Waals surface area contributed by atoms with Crippen LogP contribution < -0.4 is 5.32 Å². The lowest BCUT2D eigenvalue weighted by Gasteiger charge is -2.15. The maximum absolute atomic E-state index is 12.8. The molecule has 3 aromatic rings. The summed E-state index contributed by atoms with van der Waals surface area (Å²) in [5.74, 6) is -0.112. The minimum Gasteiger partial charge on any atom is -0.321 e. The zero-order valence-electron chi connectivity index (χ0n) is 16.2. The van der Waals surface area contributed by atoms with Crippen molar-refractivity contribution in [2.45, 2.75) is 47.2 Å². The fraction of sp³-hybridized carbons (Fsp3) is 0.350. The van der Waals surface area contributed by atoms with E-state index >= 15 is 0 Å². The van der Waals surface area contributed by atoms with Crippen LogP contribution in [0.4, 0.5) is 5.69 Å². The van der Waals surface area contributed by atoms with Gasteiger partial charge in [0.25, 0.3) is 0 Å². The number of aromatic nitrogens is 4. The van der Waals surface area contributed by atoms with E-state index in [1.165, 1.54) is 5.56 Å². The lowest BCUT2D eigenvalue weighted by molar-refractivity contribution is -0.119. The Morgan fingerprint density at radius 1 is 1.07 bits per heavy atom. The number of nitrogens with zero attached hydrogens (tertiary/aromatic N) is 4. The molecule has 0 aliphatic heterocycles. The molecule has 0 aliphatic carbocycles. The number of hydrogen-bond acceptors (Lipinski definition) is 3. The first kappa shape index (κ1) is 19.4. The van der Waals surface area contributed by atoms with Gasteiger partial charge < -0.3 is 5.32 Å². The summed E-state index contributed by atoms with van der Waals surface area (Å²) in [5, 5.41) is 12.1. The molecule has 0 radical (unpaired) electrons. The van der Waals surface area contributed by atoms with Crippen LogP contribution in [0, 0.1) is 27.7 Å². The third-order valence-electron chi connectivity index (χ3n) is 4.79. The summed E-state index contributed by atoms with van der Waals surface area (Å²) in [6.07, 6.45) is 0. The van der Waals surface area contributed by atoms with Crippen molar-refractivity contribution < 1.29 is 4.79 Å². The fourth-order valence-corrected chi connectivity index (χ4v) is 3.41. The molecule has 0 saturated carbocycles. The smallest absolute Gasteiger partial charge is 0.249 e. The number of carbonyl (C=O) groups is 1. The molecule has 0 bridgehead atoms. The van der Waals surface area contributed by atoms with Crippen LogP contribution in [0.15, 0.2) is 34.8 Å². The molecule has 6 nitrogen and oxygen atoms in total. The van der Waals surface area contributed by atoms with E-state index in [0.717, 1.165) is 32.9 Å². The van der Waals surface area contributed by atoms with E-state index in [9.17, 15) is 4.79 Å². The largest absolute Gasteiger partial charge is 0.321 e. The van der Waals surface area contributed by atoms with E-state index in [1.807, 2.05) is 57.5 Å². The summed E-state index contributed by atoms with van der Waals surface area (Å²) in [4.78, 5) is 12.8. The Kier molecular flexibility index (Phi) is 5.51. The van der Waals surface area contributed by atoms with Crippen molar-refractivity contribution >= 4 is 27.5 Å². The molecule has 1 amide bonds. The Morgan fingerprint density at radius 3 is 2.33 bits per heavy atom. The standard InChI is InChI=1S/C20H24BrN5O/c1-12-18(21)14(3)26(24-12)16(5)20(27)22-19-13(2)23-25(15(19)4)11-17-9-7-6-8-10-17/h6-10,16H,11H2,1-5H3,(H,22,27). The Bertz CT molecular complexity index is 974. The predicted octanol–water partition coefficient (Wildman–Crippen LogP) is 4.32. The van der Waals surface area contributed by atoms with Gasteiger partial charge in [-0.1, -0.05) is 30.3 Å². The van der Waals surface area contributed by atoms with Gasteiger partial charge in [0, 0.05) is 0 Å². The lowest BCUT2D eigenvalue weighted by atomic mass is 10.2. The predicted molar refractivity (Wildman–Crippen MR) is 110 cm³/mol. The van der Waals surface area contributed by atoms with Crippen LogP contribution in [-0.4, -0.2) is 25.5 Å². The van der Waals surface area contributed by atoms with Crippen LogP contribution in [0.25, 0.3) is 0 Å². The van der Waals surface area contributed by atoms with Crippen molar-refractivity contribution in [3.05, 3.63) is 63.1 Å². The van der Waals surface area contributed by atoms with Crippen molar-refractivity contribution in [3.8, 4) is 0 Å². The molecular weight excluding hydrogens is 406 g/mol. The first-order valence-electron chi connectivity index (χ1n) is 8.89. The molecule has 27 heavy (non-hydrogen) atoms. The first-order chi connectivity index (χ1) is 12.8. The van der Waals surface area contributed by atoms with E-state index in [-0.39, 0.29) is 5.91 Å². The molecule has 3 rings (SSSR count). The highest BCUT2D eigenvalue weighted by Crippen LogP contribution is 2.25. The van der Waals surface area contributed by atoms with E-state index in [0.29, 0.717) is 6.54 Å². The minimum atomic E-state index is -0.425. The SMILES string of the molecule is Cc1nn(C(C)C(=O)Nc2c(C)nn(Cc3ccccc3)c2C)c(C)c1Br. The maximum Gasteiger partial charge on any atom is 0.249 e. The normalized spacial score (nSPS) is 12.2. The molecule has 1 aromatic carbocycles. The van der Waals surface area contributed by atoms with Crippen LogP contribution in [0.3, 0.4) is 0 Å². The number of anilines is 1. The molecule has 142 valence electrons. The topological polar surface area (TPSA) is 64.7 Å². The third-order valence-corrected chi connectivity index (χ3v) is 5.94. The highest BCUT2D eigenvalue weighted by Gasteiger charge is 2.23. The van der Waals surface area contributed by atoms with Crippen LogP contribution in [-0.2, 0) is 11.3 Å². The van der Waals surface area contributed by atoms with E-state index in [4.69, 9.17) is 0 Å². The Balaban J connectivity index is 1.81. The second-order valence-corrected chi connectivity index (χ2v) is 7.58. The Labute approximate surface area is 167 Å². The molecule has 1 atom stereocenters. The van der Waals surface area contributed by atoms with Crippen molar-refractivity contribution in [2.24, 2.45) is 0 Å². The number of aryl methyl sites for hydroxylation is 2. The molecule has 2 aromatic heterocycles. The van der Waals surface area contributed by atoms with Gasteiger partial charge in [-0.3, -0.25) is 14.2 Å². The van der Waals surface area contributed by atoms with Crippen molar-refractivity contribution in [3.63, 3.8) is 0 Å². The van der Waals surface area contributed by atoms with Crippen molar-refractivity contribution in [1.29, 1.82) is 0 Å². The molecule has 0 aliphatic rings. The van der Waals surface area contributed by atoms with E-state index in [2.05, 4.69) is 43.6 Å². The van der Waals surface area contributed by atoms with Gasteiger partial charge in [-0.25, -0.2) is 0 Å². The zero-order chi connectivity index (χ0) is 19.7. The number of rotatable bonds is 5. The quantitative estimate of drug-likeness (QED) is 0.656. The van der Waals surface area contributed by atoms with Gasteiger partial charge in [0.2, 0.25) is 5.91 Å². The summed E-state index contributed by atoms with van der Waals surface area (Å²) in [7, 11) is 0. The van der Waals surface area contributed by atoms with E-state index in [1.54, 1.807) is 4.68 Å². The summed E-state index contributed by atoms with van der Waals surface area (Å²) < 4.78 is 4.60. The highest BCUT2D eigenvalue weighted by molar-refractivity contribution is 9.10. The molecular formula is C20H24BrN5O. The van der Waals surface area contributed by atoms with Crippen LogP contribution >= 0.6 is 15.9 Å². The summed E-state index contributed by atoms with van der Waals surface area (Å²) in [6, 6.07) is 9.73. The Morgan fingerprint density at radius 2 is 1.74 bits per heavy atom. The van der Waals surface area contributed by atoms with Gasteiger partial charge in [0.1, 0.15) is 6.04 Å². The average Bonchev–Trinajstić information content (AvgIpc) is 3.06. The highest BCUT2D eigenvalue weighted by atomic mass is 79.9. The van der Waals surface area contributed by atoms with Crippen LogP contribution in [0.5, 0.6) is 0 Å². The summed E-state index contributed by atoms with van der Waals surface area (Å²) >= 11 is 3.51. The van der Waals surface area contributed by atoms with Crippen LogP contribution in [0.2, 0.25) is 0 Å². The van der Waals surface area contributed by atoms with Crippen LogP contribution in [0.1, 0.15) is 41.3 Å². The van der Waals surface area contributed by atoms with Gasteiger partial charge in [-0.2, -0.15) is 10.2 Å². The Hall–Kier alpha value is -2.41.